The minimum absolute atomic E-state index is 0.116. The van der Waals surface area contributed by atoms with E-state index in [4.69, 9.17) is 16.3 Å². The molecular weight excluding hydrogens is 380 g/mol. The van der Waals surface area contributed by atoms with Crippen LogP contribution in [0.25, 0.3) is 0 Å². The van der Waals surface area contributed by atoms with Crippen LogP contribution >= 0.6 is 11.6 Å². The van der Waals surface area contributed by atoms with Crippen LogP contribution in [0.1, 0.15) is 27.1 Å². The maximum absolute atomic E-state index is 12.6. The number of pyridine rings is 1. The number of para-hydroxylation sites is 1. The third-order valence-electron chi connectivity index (χ3n) is 4.46. The van der Waals surface area contributed by atoms with Crippen LogP contribution in [-0.2, 0) is 4.74 Å². The molecule has 28 heavy (non-hydrogen) atoms. The largest absolute Gasteiger partial charge is 0.379 e. The third-order valence-corrected chi connectivity index (χ3v) is 4.77. The second-order valence-corrected chi connectivity index (χ2v) is 6.76. The van der Waals surface area contributed by atoms with Gasteiger partial charge in [0, 0.05) is 25.8 Å². The molecule has 1 aromatic heterocycles. The number of hydrogen-bond donors (Lipinski definition) is 2. The van der Waals surface area contributed by atoms with Crippen molar-refractivity contribution >= 4 is 29.1 Å². The van der Waals surface area contributed by atoms with Crippen molar-refractivity contribution in [3.05, 3.63) is 58.9 Å². The van der Waals surface area contributed by atoms with Gasteiger partial charge in [-0.25, -0.2) is 4.98 Å². The highest BCUT2D eigenvalue weighted by atomic mass is 35.5. The maximum Gasteiger partial charge on any atom is 0.258 e. The Morgan fingerprint density at radius 2 is 1.82 bits per heavy atom. The second kappa shape index (κ2) is 10.2. The Morgan fingerprint density at radius 1 is 1.07 bits per heavy atom. The molecule has 0 radical (unpaired) electrons. The number of anilines is 1. The van der Waals surface area contributed by atoms with Crippen LogP contribution in [0.4, 0.5) is 5.69 Å². The zero-order valence-corrected chi connectivity index (χ0v) is 16.2. The highest BCUT2D eigenvalue weighted by Gasteiger charge is 2.16. The molecule has 0 atom stereocenters. The molecule has 2 aromatic rings. The summed E-state index contributed by atoms with van der Waals surface area (Å²) in [5.74, 6) is -0.638. The van der Waals surface area contributed by atoms with Crippen LogP contribution in [0.2, 0.25) is 5.15 Å². The maximum atomic E-state index is 12.6. The predicted octanol–water partition coefficient (Wildman–Crippen LogP) is 2.44. The Hall–Kier alpha value is -2.48. The average molecular weight is 403 g/mol. The smallest absolute Gasteiger partial charge is 0.258 e. The van der Waals surface area contributed by atoms with Gasteiger partial charge in [-0.3, -0.25) is 14.5 Å². The van der Waals surface area contributed by atoms with Crippen LogP contribution in [0.3, 0.4) is 0 Å². The number of halogens is 1. The molecule has 1 aliphatic heterocycles. The lowest BCUT2D eigenvalue weighted by Crippen LogP contribution is -2.38. The fourth-order valence-electron chi connectivity index (χ4n) is 2.96. The van der Waals surface area contributed by atoms with Crippen LogP contribution < -0.4 is 10.6 Å². The number of morpholine rings is 1. The third kappa shape index (κ3) is 5.51. The molecule has 8 heteroatoms. The minimum atomic E-state index is -0.411. The lowest BCUT2D eigenvalue weighted by atomic mass is 10.1. The van der Waals surface area contributed by atoms with E-state index < -0.39 is 5.91 Å². The molecule has 148 valence electrons. The summed E-state index contributed by atoms with van der Waals surface area (Å²) in [7, 11) is 0. The zero-order chi connectivity index (χ0) is 19.8. The standard InChI is InChI=1S/C20H23ClN4O3/c21-18-16(6-3-8-22-18)20(27)24-17-7-2-1-5-15(17)19(26)23-9-4-10-25-11-13-28-14-12-25/h1-3,5-8H,4,9-14H2,(H,23,26)(H,24,27). The molecule has 0 spiro atoms. The number of amides is 2. The number of aromatic nitrogens is 1. The van der Waals surface area contributed by atoms with Crippen molar-refractivity contribution in [2.75, 3.05) is 44.7 Å². The molecule has 1 aliphatic rings. The van der Waals surface area contributed by atoms with E-state index in [0.29, 0.717) is 17.8 Å². The van der Waals surface area contributed by atoms with Gasteiger partial charge in [0.05, 0.1) is 30.0 Å². The predicted molar refractivity (Wildman–Crippen MR) is 108 cm³/mol. The van der Waals surface area contributed by atoms with Crippen molar-refractivity contribution < 1.29 is 14.3 Å². The number of hydrogen-bond acceptors (Lipinski definition) is 5. The highest BCUT2D eigenvalue weighted by Crippen LogP contribution is 2.18. The van der Waals surface area contributed by atoms with E-state index in [1.165, 1.54) is 6.20 Å². The summed E-state index contributed by atoms with van der Waals surface area (Å²) in [6, 6.07) is 10.1. The van der Waals surface area contributed by atoms with Gasteiger partial charge < -0.3 is 15.4 Å². The molecule has 7 nitrogen and oxygen atoms in total. The normalized spacial score (nSPS) is 14.5. The molecular formula is C20H23ClN4O3. The summed E-state index contributed by atoms with van der Waals surface area (Å²) < 4.78 is 5.33. The monoisotopic (exact) mass is 402 g/mol. The lowest BCUT2D eigenvalue weighted by Gasteiger charge is -2.26. The van der Waals surface area contributed by atoms with Crippen molar-refractivity contribution in [2.45, 2.75) is 6.42 Å². The van der Waals surface area contributed by atoms with E-state index in [1.54, 1.807) is 36.4 Å². The molecule has 1 aromatic carbocycles. The molecule has 2 N–H and O–H groups in total. The summed E-state index contributed by atoms with van der Waals surface area (Å²) in [5, 5.41) is 5.78. The van der Waals surface area contributed by atoms with E-state index in [1.807, 2.05) is 0 Å². The summed E-state index contributed by atoms with van der Waals surface area (Å²) in [5.41, 5.74) is 1.09. The van der Waals surface area contributed by atoms with Crippen LogP contribution in [-0.4, -0.2) is 61.1 Å². The van der Waals surface area contributed by atoms with Crippen molar-refractivity contribution in [2.24, 2.45) is 0 Å². The first kappa shape index (κ1) is 20.3. The van der Waals surface area contributed by atoms with Crippen molar-refractivity contribution in [1.82, 2.24) is 15.2 Å². The quantitative estimate of drug-likeness (QED) is 0.549. The molecule has 2 amide bonds. The van der Waals surface area contributed by atoms with E-state index in [9.17, 15) is 9.59 Å². The second-order valence-electron chi connectivity index (χ2n) is 6.40. The Kier molecular flexibility index (Phi) is 7.36. The Morgan fingerprint density at radius 3 is 2.61 bits per heavy atom. The van der Waals surface area contributed by atoms with E-state index in [2.05, 4.69) is 20.5 Å². The summed E-state index contributed by atoms with van der Waals surface area (Å²) in [6.45, 7) is 4.87. The molecule has 0 saturated carbocycles. The van der Waals surface area contributed by atoms with Gasteiger partial charge in [-0.2, -0.15) is 0 Å². The first-order valence-electron chi connectivity index (χ1n) is 9.24. The Bertz CT molecular complexity index is 825. The number of carbonyl (C=O) groups is 2. The van der Waals surface area contributed by atoms with Crippen molar-refractivity contribution in [1.29, 1.82) is 0 Å². The topological polar surface area (TPSA) is 83.6 Å². The zero-order valence-electron chi connectivity index (χ0n) is 15.5. The summed E-state index contributed by atoms with van der Waals surface area (Å²) in [4.78, 5) is 31.3. The Balaban J connectivity index is 1.56. The average Bonchev–Trinajstić information content (AvgIpc) is 2.72. The molecule has 0 unspecified atom stereocenters. The number of nitrogens with zero attached hydrogens (tertiary/aromatic N) is 2. The number of nitrogens with one attached hydrogen (secondary N) is 2. The summed E-state index contributed by atoms with van der Waals surface area (Å²) >= 11 is 5.97. The van der Waals surface area contributed by atoms with Gasteiger partial charge in [-0.1, -0.05) is 23.7 Å². The first-order valence-corrected chi connectivity index (χ1v) is 9.62. The van der Waals surface area contributed by atoms with E-state index in [0.717, 1.165) is 39.3 Å². The molecule has 0 bridgehead atoms. The first-order chi connectivity index (χ1) is 13.6. The number of rotatable bonds is 7. The van der Waals surface area contributed by atoms with Crippen molar-refractivity contribution in [3.63, 3.8) is 0 Å². The summed E-state index contributed by atoms with van der Waals surface area (Å²) in [6.07, 6.45) is 2.36. The van der Waals surface area contributed by atoms with E-state index in [-0.39, 0.29) is 16.6 Å². The van der Waals surface area contributed by atoms with Gasteiger partial charge in [0.15, 0.2) is 0 Å². The minimum Gasteiger partial charge on any atom is -0.379 e. The van der Waals surface area contributed by atoms with Gasteiger partial charge in [0.1, 0.15) is 5.15 Å². The van der Waals surface area contributed by atoms with Crippen LogP contribution in [0.15, 0.2) is 42.6 Å². The SMILES string of the molecule is O=C(NCCCN1CCOCC1)c1ccccc1NC(=O)c1cccnc1Cl. The van der Waals surface area contributed by atoms with Gasteiger partial charge in [0.25, 0.3) is 11.8 Å². The number of benzene rings is 1. The molecule has 1 saturated heterocycles. The molecule has 0 aliphatic carbocycles. The lowest BCUT2D eigenvalue weighted by molar-refractivity contribution is 0.0374. The number of ether oxygens (including phenoxy) is 1. The number of carbonyl (C=O) groups excluding carboxylic acids is 2. The highest BCUT2D eigenvalue weighted by molar-refractivity contribution is 6.33. The fraction of sp³-hybridized carbons (Fsp3) is 0.350. The molecule has 2 heterocycles. The molecule has 1 fully saturated rings. The van der Waals surface area contributed by atoms with E-state index >= 15 is 0 Å². The Labute approximate surface area is 169 Å². The van der Waals surface area contributed by atoms with Gasteiger partial charge in [-0.05, 0) is 37.2 Å². The van der Waals surface area contributed by atoms with Crippen LogP contribution in [0, 0.1) is 0 Å². The van der Waals surface area contributed by atoms with Gasteiger partial charge in [0.2, 0.25) is 0 Å². The van der Waals surface area contributed by atoms with Gasteiger partial charge >= 0.3 is 0 Å². The van der Waals surface area contributed by atoms with Crippen LogP contribution in [0.5, 0.6) is 0 Å². The fourth-order valence-corrected chi connectivity index (χ4v) is 3.16. The molecule has 3 rings (SSSR count). The van der Waals surface area contributed by atoms with Crippen molar-refractivity contribution in [3.8, 4) is 0 Å². The van der Waals surface area contributed by atoms with Gasteiger partial charge in [-0.15, -0.1) is 0 Å².